The largest absolute Gasteiger partial charge is 0.496 e. The zero-order valence-electron chi connectivity index (χ0n) is 15.8. The fraction of sp³-hybridized carbons (Fsp3) is 0.300. The van der Waals surface area contributed by atoms with Gasteiger partial charge in [0.05, 0.1) is 31.7 Å². The summed E-state index contributed by atoms with van der Waals surface area (Å²) in [4.78, 5) is 22.3. The van der Waals surface area contributed by atoms with Crippen LogP contribution in [-0.4, -0.2) is 57.3 Å². The van der Waals surface area contributed by atoms with Crippen LogP contribution in [0.5, 0.6) is 11.8 Å². The third kappa shape index (κ3) is 4.18. The molecule has 1 saturated heterocycles. The summed E-state index contributed by atoms with van der Waals surface area (Å²) >= 11 is 0. The molecule has 1 aromatic carbocycles. The zero-order valence-corrected chi connectivity index (χ0v) is 15.8. The second kappa shape index (κ2) is 8.26. The zero-order chi connectivity index (χ0) is 20.2. The van der Waals surface area contributed by atoms with Gasteiger partial charge in [-0.2, -0.15) is 5.10 Å². The number of carbonyl (C=O) groups is 1. The van der Waals surface area contributed by atoms with Crippen molar-refractivity contribution in [2.24, 2.45) is 0 Å². The van der Waals surface area contributed by atoms with Gasteiger partial charge in [0, 0.05) is 12.1 Å². The van der Waals surface area contributed by atoms with Crippen molar-refractivity contribution in [2.45, 2.75) is 18.9 Å². The Morgan fingerprint density at radius 1 is 1.28 bits per heavy atom. The van der Waals surface area contributed by atoms with Gasteiger partial charge in [-0.1, -0.05) is 12.1 Å². The molecule has 9 heteroatoms. The normalized spacial score (nSPS) is 16.5. The summed E-state index contributed by atoms with van der Waals surface area (Å²) in [5.74, 6) is -0.00130. The number of benzene rings is 1. The van der Waals surface area contributed by atoms with E-state index in [1.54, 1.807) is 18.1 Å². The molecule has 1 amide bonds. The van der Waals surface area contributed by atoms with Gasteiger partial charge in [-0.05, 0) is 31.0 Å². The highest BCUT2D eigenvalue weighted by Gasteiger charge is 2.27. The van der Waals surface area contributed by atoms with Crippen molar-refractivity contribution in [3.8, 4) is 23.0 Å². The number of carbonyl (C=O) groups excluding carboxylic acids is 1. The molecule has 2 aromatic heterocycles. The highest BCUT2D eigenvalue weighted by molar-refractivity contribution is 5.93. The van der Waals surface area contributed by atoms with E-state index in [9.17, 15) is 9.18 Å². The number of methoxy groups -OCH3 is 1. The van der Waals surface area contributed by atoms with Crippen molar-refractivity contribution in [1.29, 1.82) is 0 Å². The molecule has 8 nitrogen and oxygen atoms in total. The molecule has 0 spiro atoms. The van der Waals surface area contributed by atoms with E-state index >= 15 is 0 Å². The number of nitrogens with zero attached hydrogens (tertiary/aromatic N) is 4. The lowest BCUT2D eigenvalue weighted by atomic mass is 10.1. The number of likely N-dealkylation sites (tertiary alicyclic amines) is 1. The van der Waals surface area contributed by atoms with Crippen LogP contribution in [0.2, 0.25) is 0 Å². The predicted molar refractivity (Wildman–Crippen MR) is 102 cm³/mol. The van der Waals surface area contributed by atoms with Crippen LogP contribution in [0.1, 0.15) is 23.3 Å². The van der Waals surface area contributed by atoms with Crippen LogP contribution in [0, 0.1) is 5.82 Å². The van der Waals surface area contributed by atoms with Gasteiger partial charge in [0.1, 0.15) is 17.5 Å². The van der Waals surface area contributed by atoms with E-state index < -0.39 is 5.82 Å². The van der Waals surface area contributed by atoms with Crippen LogP contribution in [0.4, 0.5) is 4.39 Å². The number of aromatic amines is 1. The Kier molecular flexibility index (Phi) is 5.37. The highest BCUT2D eigenvalue weighted by Crippen LogP contribution is 2.28. The molecule has 1 aliphatic heterocycles. The van der Waals surface area contributed by atoms with E-state index in [0.717, 1.165) is 30.8 Å². The summed E-state index contributed by atoms with van der Waals surface area (Å²) in [6.07, 6.45) is 3.40. The molecule has 3 aromatic rings. The standard InChI is InChI=1S/C20H20FN5O3/c1-28-18-7-3-2-6-15(18)16-9-17(25-24-16)19(27)26-8-4-5-14(12-26)29-20-22-10-13(21)11-23-20/h2-3,6-7,9-11,14H,4-5,8,12H2,1H3,(H,24,25). The van der Waals surface area contributed by atoms with Gasteiger partial charge in [-0.3, -0.25) is 9.89 Å². The summed E-state index contributed by atoms with van der Waals surface area (Å²) in [6, 6.07) is 9.31. The molecule has 3 heterocycles. The molecule has 0 radical (unpaired) electrons. The Morgan fingerprint density at radius 3 is 2.86 bits per heavy atom. The molecule has 1 atom stereocenters. The lowest BCUT2D eigenvalue weighted by Gasteiger charge is -2.31. The summed E-state index contributed by atoms with van der Waals surface area (Å²) in [7, 11) is 1.59. The van der Waals surface area contributed by atoms with E-state index in [0.29, 0.717) is 30.2 Å². The Hall–Kier alpha value is -3.49. The van der Waals surface area contributed by atoms with Gasteiger partial charge in [0.15, 0.2) is 5.82 Å². The quantitative estimate of drug-likeness (QED) is 0.712. The number of aromatic nitrogens is 4. The van der Waals surface area contributed by atoms with Crippen LogP contribution in [0.15, 0.2) is 42.7 Å². The molecule has 4 rings (SSSR count). The van der Waals surface area contributed by atoms with E-state index in [4.69, 9.17) is 9.47 Å². The summed E-state index contributed by atoms with van der Waals surface area (Å²) in [5, 5.41) is 7.09. The average Bonchev–Trinajstić information content (AvgIpc) is 3.25. The van der Waals surface area contributed by atoms with Crippen molar-refractivity contribution >= 4 is 5.91 Å². The van der Waals surface area contributed by atoms with Crippen LogP contribution in [0.3, 0.4) is 0 Å². The topological polar surface area (TPSA) is 93.2 Å². The summed E-state index contributed by atoms with van der Waals surface area (Å²) < 4.78 is 24.0. The average molecular weight is 397 g/mol. The minimum absolute atomic E-state index is 0.102. The van der Waals surface area contributed by atoms with Crippen molar-refractivity contribution in [1.82, 2.24) is 25.1 Å². The third-order valence-electron chi connectivity index (χ3n) is 4.73. The van der Waals surface area contributed by atoms with Crippen LogP contribution in [0.25, 0.3) is 11.3 Å². The molecule has 1 aliphatic rings. The Balaban J connectivity index is 1.45. The number of amides is 1. The number of halogens is 1. The maximum Gasteiger partial charge on any atom is 0.316 e. The summed E-state index contributed by atoms with van der Waals surface area (Å²) in [5.41, 5.74) is 1.83. The first-order valence-electron chi connectivity index (χ1n) is 9.26. The van der Waals surface area contributed by atoms with E-state index in [1.807, 2.05) is 24.3 Å². The lowest BCUT2D eigenvalue weighted by Crippen LogP contribution is -2.44. The number of hydrogen-bond donors (Lipinski definition) is 1. The number of ether oxygens (including phenoxy) is 2. The van der Waals surface area contributed by atoms with Gasteiger partial charge in [-0.15, -0.1) is 0 Å². The third-order valence-corrected chi connectivity index (χ3v) is 4.73. The molecule has 1 fully saturated rings. The Bertz CT molecular complexity index is 992. The van der Waals surface area contributed by atoms with Crippen molar-refractivity contribution in [3.05, 3.63) is 54.2 Å². The highest BCUT2D eigenvalue weighted by atomic mass is 19.1. The van der Waals surface area contributed by atoms with Crippen LogP contribution in [-0.2, 0) is 0 Å². The Labute approximate surface area is 166 Å². The van der Waals surface area contributed by atoms with Gasteiger partial charge in [-0.25, -0.2) is 14.4 Å². The number of rotatable bonds is 5. The van der Waals surface area contributed by atoms with E-state index in [-0.39, 0.29) is 18.0 Å². The Morgan fingerprint density at radius 2 is 2.07 bits per heavy atom. The minimum atomic E-state index is -0.525. The molecule has 1 unspecified atom stereocenters. The number of piperidine rings is 1. The van der Waals surface area contributed by atoms with E-state index in [1.165, 1.54) is 0 Å². The van der Waals surface area contributed by atoms with Gasteiger partial charge in [0.2, 0.25) is 0 Å². The minimum Gasteiger partial charge on any atom is -0.496 e. The number of hydrogen-bond acceptors (Lipinski definition) is 6. The first-order valence-corrected chi connectivity index (χ1v) is 9.26. The predicted octanol–water partition coefficient (Wildman–Crippen LogP) is 2.70. The molecule has 150 valence electrons. The van der Waals surface area contributed by atoms with Gasteiger partial charge in [0.25, 0.3) is 5.91 Å². The lowest BCUT2D eigenvalue weighted by molar-refractivity contribution is 0.0510. The fourth-order valence-electron chi connectivity index (χ4n) is 3.33. The first kappa shape index (κ1) is 18.9. The van der Waals surface area contributed by atoms with Crippen molar-refractivity contribution in [2.75, 3.05) is 20.2 Å². The van der Waals surface area contributed by atoms with Crippen molar-refractivity contribution < 1.29 is 18.7 Å². The van der Waals surface area contributed by atoms with Crippen LogP contribution < -0.4 is 9.47 Å². The van der Waals surface area contributed by atoms with Gasteiger partial charge < -0.3 is 14.4 Å². The van der Waals surface area contributed by atoms with Crippen molar-refractivity contribution in [3.63, 3.8) is 0 Å². The molecule has 0 aliphatic carbocycles. The molecular formula is C20H20FN5O3. The molecule has 29 heavy (non-hydrogen) atoms. The fourth-order valence-corrected chi connectivity index (χ4v) is 3.33. The molecule has 1 N–H and O–H groups in total. The monoisotopic (exact) mass is 397 g/mol. The number of nitrogens with one attached hydrogen (secondary N) is 1. The summed E-state index contributed by atoms with van der Waals surface area (Å²) in [6.45, 7) is 1.01. The SMILES string of the molecule is COc1ccccc1-c1cc(C(=O)N2CCCC(Oc3ncc(F)cn3)C2)[nH]n1. The number of para-hydroxylation sites is 1. The van der Waals surface area contributed by atoms with E-state index in [2.05, 4.69) is 20.2 Å². The second-order valence-corrected chi connectivity index (χ2v) is 6.68. The maximum atomic E-state index is 12.9. The van der Waals surface area contributed by atoms with Crippen LogP contribution >= 0.6 is 0 Å². The van der Waals surface area contributed by atoms with Gasteiger partial charge >= 0.3 is 6.01 Å². The second-order valence-electron chi connectivity index (χ2n) is 6.68. The molecule has 0 bridgehead atoms. The molecule has 0 saturated carbocycles. The smallest absolute Gasteiger partial charge is 0.316 e. The maximum absolute atomic E-state index is 12.9. The first-order chi connectivity index (χ1) is 14.1. The number of H-pyrrole nitrogens is 1. The molecular weight excluding hydrogens is 377 g/mol.